The molecule has 1 heterocycles. The van der Waals surface area contributed by atoms with Crippen LogP contribution in [0.3, 0.4) is 0 Å². The number of carboxylic acids is 1. The molecule has 2 fully saturated rings. The number of carboxylic acid groups (broad SMARTS) is 1. The fourth-order valence-corrected chi connectivity index (χ4v) is 3.53. The fourth-order valence-electron chi connectivity index (χ4n) is 3.53. The van der Waals surface area contributed by atoms with E-state index in [4.69, 9.17) is 9.47 Å². The maximum Gasteiger partial charge on any atom is 0.310 e. The Hall–Kier alpha value is -1.36. The van der Waals surface area contributed by atoms with Crippen LogP contribution in [0.1, 0.15) is 19.3 Å². The second-order valence-electron chi connectivity index (χ2n) is 5.60. The van der Waals surface area contributed by atoms with E-state index in [1.165, 1.54) is 0 Å². The molecule has 0 aromatic carbocycles. The van der Waals surface area contributed by atoms with Crippen molar-refractivity contribution >= 4 is 11.9 Å². The fraction of sp³-hybridized carbons (Fsp3) is 0.714. The average molecular weight is 266 g/mol. The van der Waals surface area contributed by atoms with Gasteiger partial charge < -0.3 is 14.6 Å². The molecule has 3 rings (SSSR count). The van der Waals surface area contributed by atoms with Crippen molar-refractivity contribution < 1.29 is 24.2 Å². The highest BCUT2D eigenvalue weighted by molar-refractivity contribution is 5.83. The average Bonchev–Trinajstić information content (AvgIpc) is 3.10. The van der Waals surface area contributed by atoms with Crippen molar-refractivity contribution in [3.05, 3.63) is 12.2 Å². The molecule has 5 atom stereocenters. The van der Waals surface area contributed by atoms with Crippen LogP contribution in [0, 0.1) is 23.7 Å². The molecule has 2 aliphatic carbocycles. The Morgan fingerprint density at radius 3 is 2.63 bits per heavy atom. The Balaban J connectivity index is 1.62. The summed E-state index contributed by atoms with van der Waals surface area (Å²) in [6.07, 6.45) is 6.54. The van der Waals surface area contributed by atoms with Crippen LogP contribution in [0.4, 0.5) is 0 Å². The number of carbonyl (C=O) groups is 2. The summed E-state index contributed by atoms with van der Waals surface area (Å²) < 4.78 is 10.7. The second kappa shape index (κ2) is 4.96. The lowest BCUT2D eigenvalue weighted by Crippen LogP contribution is -2.35. The molecule has 2 bridgehead atoms. The lowest BCUT2D eigenvalue weighted by atomic mass is 9.83. The van der Waals surface area contributed by atoms with E-state index in [-0.39, 0.29) is 30.5 Å². The molecule has 0 aromatic rings. The molecule has 0 amide bonds. The molecule has 104 valence electrons. The van der Waals surface area contributed by atoms with Crippen molar-refractivity contribution in [1.29, 1.82) is 0 Å². The van der Waals surface area contributed by atoms with Crippen molar-refractivity contribution in [2.75, 3.05) is 13.2 Å². The first kappa shape index (κ1) is 12.7. The van der Waals surface area contributed by atoms with Crippen LogP contribution in [0.25, 0.3) is 0 Å². The summed E-state index contributed by atoms with van der Waals surface area (Å²) in [5.41, 5.74) is 0. The van der Waals surface area contributed by atoms with Gasteiger partial charge in [0, 0.05) is 6.61 Å². The van der Waals surface area contributed by atoms with E-state index < -0.39 is 17.8 Å². The van der Waals surface area contributed by atoms with Gasteiger partial charge in [-0.25, -0.2) is 0 Å². The van der Waals surface area contributed by atoms with Crippen LogP contribution in [0.2, 0.25) is 0 Å². The van der Waals surface area contributed by atoms with Gasteiger partial charge in [0.15, 0.2) is 0 Å². The van der Waals surface area contributed by atoms with E-state index in [2.05, 4.69) is 0 Å². The molecule has 0 radical (unpaired) electrons. The SMILES string of the molecule is O=C(O)[C@@H]1[C@H](C(=O)OC[C@@H]2CCCO2)[C@H]2C=C[C@H]1C2. The first-order valence-corrected chi connectivity index (χ1v) is 6.86. The van der Waals surface area contributed by atoms with Gasteiger partial charge in [0.05, 0.1) is 17.9 Å². The number of hydrogen-bond acceptors (Lipinski definition) is 4. The summed E-state index contributed by atoms with van der Waals surface area (Å²) in [5, 5.41) is 9.27. The van der Waals surface area contributed by atoms with Crippen LogP contribution in [0.15, 0.2) is 12.2 Å². The van der Waals surface area contributed by atoms with Gasteiger partial charge in [0.1, 0.15) is 6.61 Å². The molecule has 0 spiro atoms. The summed E-state index contributed by atoms with van der Waals surface area (Å²) in [4.78, 5) is 23.4. The van der Waals surface area contributed by atoms with Gasteiger partial charge in [-0.05, 0) is 31.1 Å². The molecular formula is C14H18O5. The van der Waals surface area contributed by atoms with Crippen LogP contribution in [-0.4, -0.2) is 36.4 Å². The van der Waals surface area contributed by atoms with Crippen molar-refractivity contribution in [3.8, 4) is 0 Å². The zero-order chi connectivity index (χ0) is 13.4. The van der Waals surface area contributed by atoms with Gasteiger partial charge in [0.2, 0.25) is 0 Å². The summed E-state index contributed by atoms with van der Waals surface area (Å²) in [6, 6.07) is 0. The second-order valence-corrected chi connectivity index (χ2v) is 5.60. The number of fused-ring (bicyclic) bond motifs is 2. The van der Waals surface area contributed by atoms with Gasteiger partial charge in [-0.3, -0.25) is 9.59 Å². The number of allylic oxidation sites excluding steroid dienone is 2. The van der Waals surface area contributed by atoms with E-state index >= 15 is 0 Å². The molecule has 5 heteroatoms. The van der Waals surface area contributed by atoms with E-state index in [0.29, 0.717) is 0 Å². The van der Waals surface area contributed by atoms with Gasteiger partial charge in [-0.1, -0.05) is 12.2 Å². The summed E-state index contributed by atoms with van der Waals surface area (Å²) >= 11 is 0. The first-order valence-electron chi connectivity index (χ1n) is 6.86. The quantitative estimate of drug-likeness (QED) is 0.612. The molecule has 1 saturated carbocycles. The molecular weight excluding hydrogens is 248 g/mol. The van der Waals surface area contributed by atoms with Crippen molar-refractivity contribution in [2.45, 2.75) is 25.4 Å². The molecule has 0 unspecified atom stereocenters. The van der Waals surface area contributed by atoms with Crippen molar-refractivity contribution in [3.63, 3.8) is 0 Å². The molecule has 19 heavy (non-hydrogen) atoms. The third-order valence-corrected chi connectivity index (χ3v) is 4.45. The summed E-state index contributed by atoms with van der Waals surface area (Å²) in [7, 11) is 0. The van der Waals surface area contributed by atoms with Crippen LogP contribution >= 0.6 is 0 Å². The van der Waals surface area contributed by atoms with Crippen LogP contribution in [-0.2, 0) is 19.1 Å². The third-order valence-electron chi connectivity index (χ3n) is 4.45. The minimum atomic E-state index is -0.893. The summed E-state index contributed by atoms with van der Waals surface area (Å²) in [5.74, 6) is -2.39. The molecule has 1 N–H and O–H groups in total. The highest BCUT2D eigenvalue weighted by atomic mass is 16.6. The number of hydrogen-bond donors (Lipinski definition) is 1. The van der Waals surface area contributed by atoms with Crippen molar-refractivity contribution in [1.82, 2.24) is 0 Å². The number of rotatable bonds is 4. The smallest absolute Gasteiger partial charge is 0.310 e. The van der Waals surface area contributed by atoms with Crippen molar-refractivity contribution in [2.24, 2.45) is 23.7 Å². The van der Waals surface area contributed by atoms with E-state index in [0.717, 1.165) is 25.9 Å². The van der Waals surface area contributed by atoms with E-state index in [1.807, 2.05) is 12.2 Å². The molecule has 1 aliphatic heterocycles. The normalized spacial score (nSPS) is 39.7. The van der Waals surface area contributed by atoms with Crippen LogP contribution < -0.4 is 0 Å². The maximum absolute atomic E-state index is 12.1. The minimum absolute atomic E-state index is 0.0113. The van der Waals surface area contributed by atoms with Crippen LogP contribution in [0.5, 0.6) is 0 Å². The van der Waals surface area contributed by atoms with E-state index in [9.17, 15) is 14.7 Å². The first-order chi connectivity index (χ1) is 9.16. The monoisotopic (exact) mass is 266 g/mol. The number of ether oxygens (including phenoxy) is 2. The zero-order valence-electron chi connectivity index (χ0n) is 10.7. The Bertz CT molecular complexity index is 410. The number of carbonyl (C=O) groups excluding carboxylic acids is 1. The van der Waals surface area contributed by atoms with Gasteiger partial charge in [-0.15, -0.1) is 0 Å². The van der Waals surface area contributed by atoms with Gasteiger partial charge >= 0.3 is 11.9 Å². The Kier molecular flexibility index (Phi) is 3.31. The largest absolute Gasteiger partial charge is 0.481 e. The number of esters is 1. The maximum atomic E-state index is 12.1. The predicted molar refractivity (Wildman–Crippen MR) is 65.3 cm³/mol. The third kappa shape index (κ3) is 2.27. The predicted octanol–water partition coefficient (Wildman–Crippen LogP) is 1.23. The highest BCUT2D eigenvalue weighted by Crippen LogP contribution is 2.48. The van der Waals surface area contributed by atoms with Gasteiger partial charge in [0.25, 0.3) is 0 Å². The Morgan fingerprint density at radius 1 is 1.26 bits per heavy atom. The molecule has 5 nitrogen and oxygen atoms in total. The highest BCUT2D eigenvalue weighted by Gasteiger charge is 2.52. The zero-order valence-corrected chi connectivity index (χ0v) is 10.7. The lowest BCUT2D eigenvalue weighted by Gasteiger charge is -2.23. The molecule has 0 aromatic heterocycles. The van der Waals surface area contributed by atoms with E-state index in [1.54, 1.807) is 0 Å². The summed E-state index contributed by atoms with van der Waals surface area (Å²) in [6.45, 7) is 0.972. The Labute approximate surface area is 111 Å². The minimum Gasteiger partial charge on any atom is -0.481 e. The standard InChI is InChI=1S/C14H18O5/c15-13(16)11-8-3-4-9(6-8)12(11)14(17)19-7-10-2-1-5-18-10/h3-4,8-12H,1-2,5-7H2,(H,15,16)/t8-,9-,10-,11-,12+/m0/s1. The Morgan fingerprint density at radius 2 is 2.00 bits per heavy atom. The molecule has 1 saturated heterocycles. The topological polar surface area (TPSA) is 72.8 Å². The van der Waals surface area contributed by atoms with Gasteiger partial charge in [-0.2, -0.15) is 0 Å². The lowest BCUT2D eigenvalue weighted by molar-refractivity contribution is -0.160. The molecule has 3 aliphatic rings. The number of aliphatic carboxylic acids is 1.